The minimum absolute atomic E-state index is 0.195. The molecule has 0 aliphatic heterocycles. The Bertz CT molecular complexity index is 492. The predicted octanol–water partition coefficient (Wildman–Crippen LogP) is 3.72. The summed E-state index contributed by atoms with van der Waals surface area (Å²) in [7, 11) is 0. The normalized spacial score (nSPS) is 17.9. The van der Waals surface area contributed by atoms with Crippen molar-refractivity contribution in [2.75, 3.05) is 19.6 Å². The van der Waals surface area contributed by atoms with Crippen LogP contribution in [0.25, 0.3) is 0 Å². The standard InChI is InChI=1S/C18H27BrN2O/c1-4-21(5-2)14(3)13-20-17(22)18(11-6-12-18)15-7-9-16(19)10-8-15/h7-10,14H,4-6,11-13H2,1-3H3,(H,20,22). The van der Waals surface area contributed by atoms with Crippen LogP contribution < -0.4 is 5.32 Å². The number of amides is 1. The molecule has 1 amide bonds. The maximum Gasteiger partial charge on any atom is 0.230 e. The van der Waals surface area contributed by atoms with Gasteiger partial charge in [0.15, 0.2) is 0 Å². The average Bonchev–Trinajstić information content (AvgIpc) is 2.47. The molecule has 1 unspecified atom stereocenters. The third-order valence-corrected chi connectivity index (χ3v) is 5.56. The first kappa shape index (κ1) is 17.5. The number of hydrogen-bond acceptors (Lipinski definition) is 2. The van der Waals surface area contributed by atoms with Crippen LogP contribution in [-0.4, -0.2) is 36.5 Å². The van der Waals surface area contributed by atoms with Crippen molar-refractivity contribution in [3.63, 3.8) is 0 Å². The van der Waals surface area contributed by atoms with E-state index in [1.165, 1.54) is 0 Å². The lowest BCUT2D eigenvalue weighted by Crippen LogP contribution is -2.52. The van der Waals surface area contributed by atoms with E-state index < -0.39 is 0 Å². The Morgan fingerprint density at radius 2 is 1.86 bits per heavy atom. The zero-order valence-electron chi connectivity index (χ0n) is 13.9. The molecule has 0 heterocycles. The molecule has 1 aromatic carbocycles. The summed E-state index contributed by atoms with van der Waals surface area (Å²) >= 11 is 3.46. The fraction of sp³-hybridized carbons (Fsp3) is 0.611. The third kappa shape index (κ3) is 3.54. The van der Waals surface area contributed by atoms with E-state index in [9.17, 15) is 4.79 Å². The van der Waals surface area contributed by atoms with Gasteiger partial charge < -0.3 is 5.32 Å². The molecule has 1 aromatic rings. The molecule has 0 saturated heterocycles. The molecular weight excluding hydrogens is 340 g/mol. The maximum atomic E-state index is 12.8. The van der Waals surface area contributed by atoms with Crippen LogP contribution in [0.1, 0.15) is 45.6 Å². The second kappa shape index (κ2) is 7.60. The van der Waals surface area contributed by atoms with Crippen LogP contribution in [0, 0.1) is 0 Å². The van der Waals surface area contributed by atoms with Gasteiger partial charge in [-0.1, -0.05) is 48.3 Å². The number of nitrogens with one attached hydrogen (secondary N) is 1. The number of benzene rings is 1. The van der Waals surface area contributed by atoms with Gasteiger partial charge in [-0.25, -0.2) is 0 Å². The van der Waals surface area contributed by atoms with Crippen molar-refractivity contribution in [3.8, 4) is 0 Å². The first-order valence-electron chi connectivity index (χ1n) is 8.32. The summed E-state index contributed by atoms with van der Waals surface area (Å²) < 4.78 is 1.06. The van der Waals surface area contributed by atoms with Crippen LogP contribution in [-0.2, 0) is 10.2 Å². The van der Waals surface area contributed by atoms with Crippen molar-refractivity contribution < 1.29 is 4.79 Å². The van der Waals surface area contributed by atoms with E-state index in [0.717, 1.165) is 48.9 Å². The fourth-order valence-electron chi connectivity index (χ4n) is 3.33. The minimum Gasteiger partial charge on any atom is -0.354 e. The van der Waals surface area contributed by atoms with Crippen LogP contribution in [0.15, 0.2) is 28.7 Å². The predicted molar refractivity (Wildman–Crippen MR) is 95.1 cm³/mol. The number of carbonyl (C=O) groups excluding carboxylic acids is 1. The molecule has 1 fully saturated rings. The van der Waals surface area contributed by atoms with Gasteiger partial charge in [-0.15, -0.1) is 0 Å². The Labute approximate surface area is 142 Å². The van der Waals surface area contributed by atoms with Gasteiger partial charge in [0.1, 0.15) is 0 Å². The smallest absolute Gasteiger partial charge is 0.230 e. The van der Waals surface area contributed by atoms with Gasteiger partial charge >= 0.3 is 0 Å². The third-order valence-electron chi connectivity index (χ3n) is 5.03. The fourth-order valence-corrected chi connectivity index (χ4v) is 3.60. The van der Waals surface area contributed by atoms with Crippen molar-refractivity contribution in [1.82, 2.24) is 10.2 Å². The number of carbonyl (C=O) groups is 1. The van der Waals surface area contributed by atoms with Gasteiger partial charge in [0.05, 0.1) is 5.41 Å². The van der Waals surface area contributed by atoms with Gasteiger partial charge in [0.25, 0.3) is 0 Å². The van der Waals surface area contributed by atoms with Crippen LogP contribution in [0.2, 0.25) is 0 Å². The number of rotatable bonds is 7. The molecule has 0 bridgehead atoms. The Kier molecular flexibility index (Phi) is 6.04. The summed E-state index contributed by atoms with van der Waals surface area (Å²) in [6, 6.07) is 8.59. The summed E-state index contributed by atoms with van der Waals surface area (Å²) in [5.74, 6) is 0.195. The van der Waals surface area contributed by atoms with Crippen LogP contribution in [0.3, 0.4) is 0 Å². The van der Waals surface area contributed by atoms with E-state index in [1.807, 2.05) is 12.1 Å². The zero-order chi connectivity index (χ0) is 16.2. The zero-order valence-corrected chi connectivity index (χ0v) is 15.4. The van der Waals surface area contributed by atoms with E-state index in [-0.39, 0.29) is 11.3 Å². The SMILES string of the molecule is CCN(CC)C(C)CNC(=O)C1(c2ccc(Br)cc2)CCC1. The molecule has 1 atom stereocenters. The highest BCUT2D eigenvalue weighted by Crippen LogP contribution is 2.44. The molecule has 2 rings (SSSR count). The van der Waals surface area contributed by atoms with Crippen molar-refractivity contribution in [1.29, 1.82) is 0 Å². The molecule has 4 heteroatoms. The largest absolute Gasteiger partial charge is 0.354 e. The van der Waals surface area contributed by atoms with Crippen molar-refractivity contribution >= 4 is 21.8 Å². The molecule has 0 aromatic heterocycles. The van der Waals surface area contributed by atoms with Gasteiger partial charge in [-0.2, -0.15) is 0 Å². The molecule has 122 valence electrons. The monoisotopic (exact) mass is 366 g/mol. The quantitative estimate of drug-likeness (QED) is 0.797. The highest BCUT2D eigenvalue weighted by molar-refractivity contribution is 9.10. The second-order valence-electron chi connectivity index (χ2n) is 6.22. The summed E-state index contributed by atoms with van der Waals surface area (Å²) in [6.45, 7) is 9.27. The average molecular weight is 367 g/mol. The lowest BCUT2D eigenvalue weighted by Gasteiger charge is -2.41. The molecule has 1 aliphatic rings. The van der Waals surface area contributed by atoms with Gasteiger partial charge in [-0.05, 0) is 50.6 Å². The van der Waals surface area contributed by atoms with E-state index in [0.29, 0.717) is 6.04 Å². The summed E-state index contributed by atoms with van der Waals surface area (Å²) in [6.07, 6.45) is 3.05. The molecule has 3 nitrogen and oxygen atoms in total. The van der Waals surface area contributed by atoms with Gasteiger partial charge in [0, 0.05) is 17.1 Å². The summed E-state index contributed by atoms with van der Waals surface area (Å²) in [5, 5.41) is 3.20. The Balaban J connectivity index is 2.02. The minimum atomic E-state index is -0.302. The molecule has 0 radical (unpaired) electrons. The van der Waals surface area contributed by atoms with Gasteiger partial charge in [0.2, 0.25) is 5.91 Å². The number of nitrogens with zero attached hydrogens (tertiary/aromatic N) is 1. The molecule has 1 N–H and O–H groups in total. The van der Waals surface area contributed by atoms with Crippen molar-refractivity contribution in [3.05, 3.63) is 34.3 Å². The summed E-state index contributed by atoms with van der Waals surface area (Å²) in [5.41, 5.74) is 0.846. The van der Waals surface area contributed by atoms with Crippen LogP contribution in [0.5, 0.6) is 0 Å². The molecular formula is C18H27BrN2O. The number of halogens is 1. The van der Waals surface area contributed by atoms with Crippen LogP contribution >= 0.6 is 15.9 Å². The Hall–Kier alpha value is -0.870. The first-order valence-corrected chi connectivity index (χ1v) is 9.11. The van der Waals surface area contributed by atoms with E-state index in [4.69, 9.17) is 0 Å². The second-order valence-corrected chi connectivity index (χ2v) is 7.14. The van der Waals surface area contributed by atoms with Crippen molar-refractivity contribution in [2.24, 2.45) is 0 Å². The first-order chi connectivity index (χ1) is 10.5. The Morgan fingerprint density at radius 1 is 1.27 bits per heavy atom. The molecule has 1 aliphatic carbocycles. The lowest BCUT2D eigenvalue weighted by atomic mass is 9.64. The van der Waals surface area contributed by atoms with E-state index >= 15 is 0 Å². The van der Waals surface area contributed by atoms with Crippen molar-refractivity contribution in [2.45, 2.75) is 51.5 Å². The molecule has 22 heavy (non-hydrogen) atoms. The number of likely N-dealkylation sites (N-methyl/N-ethyl adjacent to an activating group) is 1. The number of hydrogen-bond donors (Lipinski definition) is 1. The highest BCUT2D eigenvalue weighted by Gasteiger charge is 2.45. The topological polar surface area (TPSA) is 32.3 Å². The van der Waals surface area contributed by atoms with Gasteiger partial charge in [-0.3, -0.25) is 9.69 Å². The Morgan fingerprint density at radius 3 is 2.32 bits per heavy atom. The van der Waals surface area contributed by atoms with E-state index in [2.05, 4.69) is 59.1 Å². The van der Waals surface area contributed by atoms with Crippen LogP contribution in [0.4, 0.5) is 0 Å². The van der Waals surface area contributed by atoms with E-state index in [1.54, 1.807) is 0 Å². The molecule has 1 saturated carbocycles. The maximum absolute atomic E-state index is 12.8. The lowest BCUT2D eigenvalue weighted by molar-refractivity contribution is -0.130. The summed E-state index contributed by atoms with van der Waals surface area (Å²) in [4.78, 5) is 15.2. The molecule has 0 spiro atoms. The highest BCUT2D eigenvalue weighted by atomic mass is 79.9.